The second-order valence-electron chi connectivity index (χ2n) is 16.4. The van der Waals surface area contributed by atoms with Gasteiger partial charge in [-0.2, -0.15) is 0 Å². The quantitative estimate of drug-likeness (QED) is 0.0326. The highest BCUT2D eigenvalue weighted by molar-refractivity contribution is 5.76. The first-order valence-electron chi connectivity index (χ1n) is 23.9. The van der Waals surface area contributed by atoms with Gasteiger partial charge in [0.25, 0.3) is 0 Å². The summed E-state index contributed by atoms with van der Waals surface area (Å²) in [4.78, 5) is 24.4. The van der Waals surface area contributed by atoms with E-state index >= 15 is 0 Å². The van der Waals surface area contributed by atoms with Gasteiger partial charge in [-0.05, 0) is 51.4 Å². The fourth-order valence-corrected chi connectivity index (χ4v) is 7.34. The fraction of sp³-hybridized carbons (Fsp3) is 0.917. The molecular formula is C48H93NO5. The molecule has 0 aliphatic carbocycles. The smallest absolute Gasteiger partial charge is 0.305 e. The molecule has 0 rings (SSSR count). The molecule has 2 atom stereocenters. The SMILES string of the molecule is CCCCCCCCCCCCCCCCCC(=O)OCCCC/C=C\CCCCCCCC(=O)NC(CO)C(O)CCCCCCCCCCCCC. The van der Waals surface area contributed by atoms with Crippen molar-refractivity contribution in [3.05, 3.63) is 12.2 Å². The van der Waals surface area contributed by atoms with Crippen LogP contribution < -0.4 is 5.32 Å². The van der Waals surface area contributed by atoms with E-state index in [1.165, 1.54) is 141 Å². The van der Waals surface area contributed by atoms with Crippen LogP contribution in [0.3, 0.4) is 0 Å². The van der Waals surface area contributed by atoms with Gasteiger partial charge in [-0.15, -0.1) is 0 Å². The number of aliphatic hydroxyl groups excluding tert-OH is 2. The zero-order chi connectivity index (χ0) is 39.4. The molecule has 0 spiro atoms. The van der Waals surface area contributed by atoms with E-state index in [1.807, 2.05) is 0 Å². The Bertz CT molecular complexity index is 802. The molecule has 0 fully saturated rings. The van der Waals surface area contributed by atoms with Gasteiger partial charge in [-0.3, -0.25) is 9.59 Å². The van der Waals surface area contributed by atoms with E-state index in [4.69, 9.17) is 4.74 Å². The fourth-order valence-electron chi connectivity index (χ4n) is 7.34. The van der Waals surface area contributed by atoms with Crippen LogP contribution in [0, 0.1) is 0 Å². The summed E-state index contributed by atoms with van der Waals surface area (Å²) in [7, 11) is 0. The molecule has 6 nitrogen and oxygen atoms in total. The molecule has 6 heteroatoms. The van der Waals surface area contributed by atoms with Crippen LogP contribution in [0.1, 0.15) is 258 Å². The molecule has 0 radical (unpaired) electrons. The van der Waals surface area contributed by atoms with Crippen molar-refractivity contribution < 1.29 is 24.5 Å². The largest absolute Gasteiger partial charge is 0.466 e. The lowest BCUT2D eigenvalue weighted by Gasteiger charge is -2.22. The van der Waals surface area contributed by atoms with Gasteiger partial charge in [-0.25, -0.2) is 0 Å². The second kappa shape index (κ2) is 44.3. The van der Waals surface area contributed by atoms with Crippen LogP contribution in [-0.2, 0) is 14.3 Å². The maximum atomic E-state index is 12.4. The zero-order valence-electron chi connectivity index (χ0n) is 36.2. The molecule has 2 unspecified atom stereocenters. The summed E-state index contributed by atoms with van der Waals surface area (Å²) in [6.45, 7) is 4.86. The number of rotatable bonds is 44. The van der Waals surface area contributed by atoms with E-state index in [2.05, 4.69) is 31.3 Å². The van der Waals surface area contributed by atoms with Crippen LogP contribution in [0.5, 0.6) is 0 Å². The minimum Gasteiger partial charge on any atom is -0.466 e. The Hall–Kier alpha value is -1.40. The lowest BCUT2D eigenvalue weighted by molar-refractivity contribution is -0.143. The molecule has 3 N–H and O–H groups in total. The molecule has 0 bridgehead atoms. The third kappa shape index (κ3) is 40.3. The van der Waals surface area contributed by atoms with Gasteiger partial charge < -0.3 is 20.3 Å². The lowest BCUT2D eigenvalue weighted by Crippen LogP contribution is -2.45. The Morgan fingerprint density at radius 1 is 0.500 bits per heavy atom. The van der Waals surface area contributed by atoms with Crippen LogP contribution in [0.15, 0.2) is 12.2 Å². The Labute approximate surface area is 336 Å². The van der Waals surface area contributed by atoms with E-state index in [1.54, 1.807) is 0 Å². The Morgan fingerprint density at radius 3 is 1.31 bits per heavy atom. The first-order chi connectivity index (χ1) is 26.5. The molecule has 0 saturated heterocycles. The standard InChI is InChI=1S/C48H93NO5/c1-3-5-7-9-11-13-15-16-17-18-22-26-30-34-38-42-48(53)54-43-39-35-31-27-23-19-21-25-29-33-37-41-47(52)49-45(44-50)46(51)40-36-32-28-24-20-14-12-10-8-6-4-2/h23,27,45-46,50-51H,3-22,24-26,28-44H2,1-2H3,(H,49,52)/b27-23-. The second-order valence-corrected chi connectivity index (χ2v) is 16.4. The summed E-state index contributed by atoms with van der Waals surface area (Å²) >= 11 is 0. The van der Waals surface area contributed by atoms with E-state index in [-0.39, 0.29) is 18.5 Å². The topological polar surface area (TPSA) is 95.9 Å². The maximum Gasteiger partial charge on any atom is 0.305 e. The predicted octanol–water partition coefficient (Wildman–Crippen LogP) is 13.8. The molecule has 0 aliphatic rings. The average molecular weight is 764 g/mol. The molecular weight excluding hydrogens is 671 g/mol. The van der Waals surface area contributed by atoms with E-state index in [0.717, 1.165) is 83.5 Å². The highest BCUT2D eigenvalue weighted by Gasteiger charge is 2.20. The first kappa shape index (κ1) is 52.6. The molecule has 0 aromatic heterocycles. The summed E-state index contributed by atoms with van der Waals surface area (Å²) in [6.07, 6.45) is 48.9. The van der Waals surface area contributed by atoms with Crippen LogP contribution in [0.4, 0.5) is 0 Å². The number of ether oxygens (including phenoxy) is 1. The normalized spacial score (nSPS) is 12.7. The minimum atomic E-state index is -0.679. The van der Waals surface area contributed by atoms with Gasteiger partial charge >= 0.3 is 5.97 Å². The van der Waals surface area contributed by atoms with E-state index < -0.39 is 12.1 Å². The van der Waals surface area contributed by atoms with Crippen molar-refractivity contribution in [1.29, 1.82) is 0 Å². The van der Waals surface area contributed by atoms with Crippen LogP contribution >= 0.6 is 0 Å². The summed E-state index contributed by atoms with van der Waals surface area (Å²) in [6, 6.07) is -0.559. The summed E-state index contributed by atoms with van der Waals surface area (Å²) < 4.78 is 5.43. The Balaban J connectivity index is 3.49. The van der Waals surface area contributed by atoms with Crippen molar-refractivity contribution in [1.82, 2.24) is 5.32 Å². The number of carbonyl (C=O) groups excluding carboxylic acids is 2. The van der Waals surface area contributed by atoms with Gasteiger partial charge in [0.15, 0.2) is 0 Å². The van der Waals surface area contributed by atoms with E-state index in [9.17, 15) is 19.8 Å². The number of esters is 1. The molecule has 0 aromatic carbocycles. The number of unbranched alkanes of at least 4 members (excludes halogenated alkanes) is 31. The average Bonchev–Trinajstić information content (AvgIpc) is 3.17. The van der Waals surface area contributed by atoms with Gasteiger partial charge in [0.2, 0.25) is 5.91 Å². The Kier molecular flexibility index (Phi) is 43.2. The molecule has 0 aromatic rings. The molecule has 0 heterocycles. The summed E-state index contributed by atoms with van der Waals surface area (Å²) in [5, 5.41) is 23.1. The highest BCUT2D eigenvalue weighted by atomic mass is 16.5. The van der Waals surface area contributed by atoms with Crippen molar-refractivity contribution >= 4 is 11.9 Å². The monoisotopic (exact) mass is 764 g/mol. The number of nitrogens with one attached hydrogen (secondary N) is 1. The van der Waals surface area contributed by atoms with Crippen molar-refractivity contribution in [3.8, 4) is 0 Å². The van der Waals surface area contributed by atoms with Gasteiger partial charge in [0.1, 0.15) is 0 Å². The predicted molar refractivity (Wildman–Crippen MR) is 232 cm³/mol. The van der Waals surface area contributed by atoms with Crippen molar-refractivity contribution in [2.45, 2.75) is 270 Å². The molecule has 1 amide bonds. The summed E-state index contributed by atoms with van der Waals surface area (Å²) in [5.74, 6) is -0.0935. The first-order valence-corrected chi connectivity index (χ1v) is 23.9. The van der Waals surface area contributed by atoms with Gasteiger partial charge in [0, 0.05) is 12.8 Å². The zero-order valence-corrected chi connectivity index (χ0v) is 36.2. The third-order valence-electron chi connectivity index (χ3n) is 11.1. The minimum absolute atomic E-state index is 0.0287. The van der Waals surface area contributed by atoms with Crippen LogP contribution in [0.25, 0.3) is 0 Å². The van der Waals surface area contributed by atoms with Crippen LogP contribution in [-0.4, -0.2) is 47.4 Å². The maximum absolute atomic E-state index is 12.4. The van der Waals surface area contributed by atoms with Crippen LogP contribution in [0.2, 0.25) is 0 Å². The summed E-state index contributed by atoms with van der Waals surface area (Å²) in [5.41, 5.74) is 0. The van der Waals surface area contributed by atoms with Crippen molar-refractivity contribution in [3.63, 3.8) is 0 Å². The van der Waals surface area contributed by atoms with E-state index in [0.29, 0.717) is 25.9 Å². The number of amides is 1. The van der Waals surface area contributed by atoms with Gasteiger partial charge in [-0.1, -0.05) is 206 Å². The molecule has 320 valence electrons. The number of aliphatic hydroxyl groups is 2. The van der Waals surface area contributed by atoms with Gasteiger partial charge in [0.05, 0.1) is 25.4 Å². The number of carbonyl (C=O) groups is 2. The van der Waals surface area contributed by atoms with Crippen molar-refractivity contribution in [2.75, 3.05) is 13.2 Å². The van der Waals surface area contributed by atoms with Crippen molar-refractivity contribution in [2.24, 2.45) is 0 Å². The Morgan fingerprint density at radius 2 is 0.870 bits per heavy atom. The molecule has 0 aliphatic heterocycles. The lowest BCUT2D eigenvalue weighted by atomic mass is 10.0. The number of allylic oxidation sites excluding steroid dienone is 2. The molecule has 0 saturated carbocycles. The molecule has 54 heavy (non-hydrogen) atoms. The highest BCUT2D eigenvalue weighted by Crippen LogP contribution is 2.16. The number of hydrogen-bond donors (Lipinski definition) is 3. The number of hydrogen-bond acceptors (Lipinski definition) is 5. The third-order valence-corrected chi connectivity index (χ3v) is 11.1.